The molecule has 3 aromatic rings. The van der Waals surface area contributed by atoms with E-state index in [1.807, 2.05) is 13.1 Å². The topological polar surface area (TPSA) is 104 Å². The third-order valence-corrected chi connectivity index (χ3v) is 4.78. The number of aromatic amines is 1. The normalized spacial score (nSPS) is 11.6. The lowest BCUT2D eigenvalue weighted by atomic mass is 10.3. The molecule has 0 aliphatic carbocycles. The molecule has 0 atom stereocenters. The number of nitrogens with one attached hydrogen (secondary N) is 2. The Balaban J connectivity index is 1.62. The molecule has 0 bridgehead atoms. The number of anilines is 1. The number of nitrogens with zero attached hydrogens (tertiary/aromatic N) is 4. The molecule has 8 nitrogen and oxygen atoms in total. The highest BCUT2D eigenvalue weighted by Gasteiger charge is 2.15. The maximum atomic E-state index is 12.2. The maximum Gasteiger partial charge on any atom is 0.264 e. The molecule has 0 fully saturated rings. The van der Waals surface area contributed by atoms with Gasteiger partial charge in [-0.15, -0.1) is 0 Å². The highest BCUT2D eigenvalue weighted by Crippen LogP contribution is 2.12. The Morgan fingerprint density at radius 1 is 1.08 bits per heavy atom. The van der Waals surface area contributed by atoms with Crippen molar-refractivity contribution in [3.05, 3.63) is 66.2 Å². The number of H-pyrrole nitrogens is 1. The van der Waals surface area contributed by atoms with Gasteiger partial charge < -0.3 is 0 Å². The van der Waals surface area contributed by atoms with Gasteiger partial charge in [0, 0.05) is 42.9 Å². The van der Waals surface area contributed by atoms with Crippen molar-refractivity contribution in [1.29, 1.82) is 0 Å². The third kappa shape index (κ3) is 4.61. The summed E-state index contributed by atoms with van der Waals surface area (Å²) >= 11 is 0. The van der Waals surface area contributed by atoms with E-state index in [2.05, 4.69) is 29.8 Å². The second-order valence-electron chi connectivity index (χ2n) is 5.59. The van der Waals surface area contributed by atoms with Gasteiger partial charge in [-0.05, 0) is 25.2 Å². The minimum Gasteiger partial charge on any atom is -0.296 e. The van der Waals surface area contributed by atoms with E-state index in [0.29, 0.717) is 13.1 Å². The van der Waals surface area contributed by atoms with Crippen LogP contribution in [0.5, 0.6) is 0 Å². The van der Waals surface area contributed by atoms with Gasteiger partial charge in [0.1, 0.15) is 0 Å². The molecule has 25 heavy (non-hydrogen) atoms. The predicted molar refractivity (Wildman–Crippen MR) is 93.0 cm³/mol. The van der Waals surface area contributed by atoms with E-state index in [0.717, 1.165) is 11.3 Å². The molecule has 0 aliphatic rings. The molecule has 0 spiro atoms. The second-order valence-corrected chi connectivity index (χ2v) is 7.27. The molecule has 130 valence electrons. The van der Waals surface area contributed by atoms with Crippen LogP contribution in [0.4, 0.5) is 5.95 Å². The Morgan fingerprint density at radius 3 is 2.44 bits per heavy atom. The van der Waals surface area contributed by atoms with Crippen LogP contribution in [-0.4, -0.2) is 40.5 Å². The zero-order chi connectivity index (χ0) is 17.7. The largest absolute Gasteiger partial charge is 0.296 e. The average Bonchev–Trinajstić information content (AvgIpc) is 3.10. The summed E-state index contributed by atoms with van der Waals surface area (Å²) in [6.07, 6.45) is 4.93. The Kier molecular flexibility index (Phi) is 5.05. The van der Waals surface area contributed by atoms with Gasteiger partial charge in [0.25, 0.3) is 10.0 Å². The first kappa shape index (κ1) is 17.1. The quantitative estimate of drug-likeness (QED) is 0.665. The maximum absolute atomic E-state index is 12.2. The van der Waals surface area contributed by atoms with Crippen LogP contribution in [-0.2, 0) is 23.1 Å². The fraction of sp³-hybridized carbons (Fsp3) is 0.188. The van der Waals surface area contributed by atoms with E-state index in [9.17, 15) is 8.42 Å². The Labute approximate surface area is 146 Å². The summed E-state index contributed by atoms with van der Waals surface area (Å²) in [4.78, 5) is 10.4. The molecule has 1 aromatic carbocycles. The molecule has 2 N–H and O–H groups in total. The van der Waals surface area contributed by atoms with Crippen molar-refractivity contribution >= 4 is 16.0 Å². The molecular formula is C16H18N6O2S. The molecule has 0 saturated heterocycles. The highest BCUT2D eigenvalue weighted by molar-refractivity contribution is 7.92. The van der Waals surface area contributed by atoms with Gasteiger partial charge in [0.15, 0.2) is 0 Å². The van der Waals surface area contributed by atoms with Crippen molar-refractivity contribution in [2.75, 3.05) is 11.8 Å². The summed E-state index contributed by atoms with van der Waals surface area (Å²) in [5, 5.41) is 6.82. The van der Waals surface area contributed by atoms with E-state index in [1.54, 1.807) is 36.8 Å². The molecule has 2 aromatic heterocycles. The van der Waals surface area contributed by atoms with Crippen molar-refractivity contribution < 1.29 is 8.42 Å². The number of hydrogen-bond acceptors (Lipinski definition) is 6. The fourth-order valence-corrected chi connectivity index (χ4v) is 3.28. The minimum atomic E-state index is -3.68. The van der Waals surface area contributed by atoms with Crippen LogP contribution < -0.4 is 4.72 Å². The fourth-order valence-electron chi connectivity index (χ4n) is 2.30. The summed E-state index contributed by atoms with van der Waals surface area (Å²) in [6.45, 7) is 1.34. The Morgan fingerprint density at radius 2 is 1.80 bits per heavy atom. The lowest BCUT2D eigenvalue weighted by Gasteiger charge is -2.15. The van der Waals surface area contributed by atoms with Crippen LogP contribution in [0.3, 0.4) is 0 Å². The van der Waals surface area contributed by atoms with Crippen LogP contribution >= 0.6 is 0 Å². The molecule has 2 heterocycles. The van der Waals surface area contributed by atoms with E-state index in [-0.39, 0.29) is 10.8 Å². The second kappa shape index (κ2) is 7.41. The molecule has 0 aliphatic heterocycles. The van der Waals surface area contributed by atoms with Crippen molar-refractivity contribution in [3.63, 3.8) is 0 Å². The van der Waals surface area contributed by atoms with Crippen LogP contribution in [0, 0.1) is 0 Å². The number of rotatable bonds is 7. The van der Waals surface area contributed by atoms with Gasteiger partial charge in [0.05, 0.1) is 4.90 Å². The van der Waals surface area contributed by atoms with Crippen molar-refractivity contribution in [2.24, 2.45) is 0 Å². The first-order chi connectivity index (χ1) is 12.0. The van der Waals surface area contributed by atoms with Gasteiger partial charge in [0.2, 0.25) is 5.95 Å². The Hall–Kier alpha value is -2.78. The molecule has 9 heteroatoms. The van der Waals surface area contributed by atoms with Crippen molar-refractivity contribution in [3.8, 4) is 0 Å². The predicted octanol–water partition coefficient (Wildman–Crippen LogP) is 1.63. The first-order valence-corrected chi connectivity index (χ1v) is 9.07. The van der Waals surface area contributed by atoms with E-state index in [1.165, 1.54) is 12.1 Å². The summed E-state index contributed by atoms with van der Waals surface area (Å²) in [5.41, 5.74) is 1.89. The smallest absolute Gasteiger partial charge is 0.264 e. The van der Waals surface area contributed by atoms with Gasteiger partial charge in [-0.3, -0.25) is 10.00 Å². The number of aromatic nitrogens is 4. The number of hydrogen-bond donors (Lipinski definition) is 2. The molecule has 0 amide bonds. The highest BCUT2D eigenvalue weighted by atomic mass is 32.2. The molecule has 3 rings (SSSR count). The molecular weight excluding hydrogens is 340 g/mol. The van der Waals surface area contributed by atoms with Crippen LogP contribution in [0.15, 0.2) is 59.9 Å². The SMILES string of the molecule is CN(Cc1cnc(NS(=O)(=O)c2ccccc2)nc1)Cc1ccn[nH]1. The number of benzene rings is 1. The summed E-state index contributed by atoms with van der Waals surface area (Å²) < 4.78 is 26.8. The molecule has 0 radical (unpaired) electrons. The van der Waals surface area contributed by atoms with Gasteiger partial charge >= 0.3 is 0 Å². The minimum absolute atomic E-state index is 0.0452. The van der Waals surface area contributed by atoms with E-state index in [4.69, 9.17) is 0 Å². The standard InChI is InChI=1S/C16H18N6O2S/c1-22(12-14-7-8-19-20-14)11-13-9-17-16(18-10-13)21-25(23,24)15-5-3-2-4-6-15/h2-10H,11-12H2,1H3,(H,19,20)(H,17,18,21). The van der Waals surface area contributed by atoms with Gasteiger partial charge in [-0.25, -0.2) is 23.1 Å². The zero-order valence-corrected chi connectivity index (χ0v) is 14.4. The van der Waals surface area contributed by atoms with E-state index >= 15 is 0 Å². The summed E-state index contributed by atoms with van der Waals surface area (Å²) in [5.74, 6) is 0.0452. The summed E-state index contributed by atoms with van der Waals surface area (Å²) in [6, 6.07) is 10.0. The lowest BCUT2D eigenvalue weighted by molar-refractivity contribution is 0.314. The first-order valence-electron chi connectivity index (χ1n) is 7.58. The van der Waals surface area contributed by atoms with Crippen molar-refractivity contribution in [1.82, 2.24) is 25.1 Å². The monoisotopic (exact) mass is 358 g/mol. The summed E-state index contributed by atoms with van der Waals surface area (Å²) in [7, 11) is -1.71. The van der Waals surface area contributed by atoms with E-state index < -0.39 is 10.0 Å². The number of sulfonamides is 1. The van der Waals surface area contributed by atoms with Gasteiger partial charge in [-0.2, -0.15) is 5.10 Å². The van der Waals surface area contributed by atoms with Crippen molar-refractivity contribution in [2.45, 2.75) is 18.0 Å². The Bertz CT molecular complexity index is 896. The van der Waals surface area contributed by atoms with Crippen LogP contribution in [0.2, 0.25) is 0 Å². The lowest BCUT2D eigenvalue weighted by Crippen LogP contribution is -2.18. The van der Waals surface area contributed by atoms with Crippen LogP contribution in [0.25, 0.3) is 0 Å². The average molecular weight is 358 g/mol. The molecule has 0 unspecified atom stereocenters. The third-order valence-electron chi connectivity index (χ3n) is 3.44. The van der Waals surface area contributed by atoms with Gasteiger partial charge in [-0.1, -0.05) is 18.2 Å². The zero-order valence-electron chi connectivity index (χ0n) is 13.6. The van der Waals surface area contributed by atoms with Crippen LogP contribution in [0.1, 0.15) is 11.3 Å². The molecule has 0 saturated carbocycles.